The molecule has 0 heterocycles. The van der Waals surface area contributed by atoms with Gasteiger partial charge in [-0.25, -0.2) is 12.2 Å². The molecule has 0 spiro atoms. The number of hydrogen-bond acceptors (Lipinski definition) is 0. The normalized spacial score (nSPS) is 9.79. The van der Waals surface area contributed by atoms with Crippen molar-refractivity contribution in [1.29, 1.82) is 0 Å². The number of hydrogen-bond donors (Lipinski definition) is 0. The van der Waals surface area contributed by atoms with Crippen LogP contribution in [0.4, 0.5) is 0 Å². The average Bonchev–Trinajstić information content (AvgIpc) is 3.20. The Balaban J connectivity index is -0.000000351. The van der Waals surface area contributed by atoms with E-state index in [1.807, 2.05) is 12.2 Å². The first-order valence-electron chi connectivity index (χ1n) is 6.45. The molecule has 0 bridgehead atoms. The Hall–Kier alpha value is -0.530. The molecular weight excluding hydrogens is 430 g/mol. The van der Waals surface area contributed by atoms with E-state index in [2.05, 4.69) is 73.6 Å². The standard InChI is InChI=1S/C13H9.C5H5.2CH3.2ClH.Si.Zr/c1-3-7-12-10(5-1)9-11-6-2-4-8-13(11)12;1-2-4-5-3-1;;;;;;/h1-9H;1-3H,4H2;2*1H3;2*1H;;/q4*-1;;;;. The van der Waals surface area contributed by atoms with Crippen molar-refractivity contribution in [3.05, 3.63) is 93.8 Å². The smallest absolute Gasteiger partial charge is 0.0771 e. The minimum Gasteiger partial charge on any atom is -0.126 e. The van der Waals surface area contributed by atoms with E-state index >= 15 is 0 Å². The summed E-state index contributed by atoms with van der Waals surface area (Å²) in [6, 6.07) is 19.3. The van der Waals surface area contributed by atoms with E-state index in [-0.39, 0.29) is 39.7 Å². The Kier molecular flexibility index (Phi) is 18.8. The SMILES string of the molecule is Cl.Cl.[C-]1=CC=CC1.[CH3-].[CH3-].[Si]=[Zr].c1ccc2c(c1)[cH-]c1ccccc12. The molecule has 0 N–H and O–H groups in total. The van der Waals surface area contributed by atoms with Gasteiger partial charge in [0, 0.05) is 0 Å². The Morgan fingerprint density at radius 2 is 1.29 bits per heavy atom. The van der Waals surface area contributed by atoms with E-state index in [0.717, 1.165) is 6.42 Å². The molecule has 2 radical (unpaired) electrons. The molecule has 0 unspecified atom stereocenters. The van der Waals surface area contributed by atoms with Gasteiger partial charge in [0.2, 0.25) is 0 Å². The summed E-state index contributed by atoms with van der Waals surface area (Å²) < 4.78 is 0. The quantitative estimate of drug-likeness (QED) is 0.274. The van der Waals surface area contributed by atoms with Crippen LogP contribution in [0, 0.1) is 20.9 Å². The van der Waals surface area contributed by atoms with Gasteiger partial charge in [-0.05, 0) is 0 Å². The maximum Gasteiger partial charge on any atom is -0.0771 e. The first kappa shape index (κ1) is 28.3. The zero-order valence-corrected chi connectivity index (χ0v) is 19.0. The van der Waals surface area contributed by atoms with Gasteiger partial charge in [0.1, 0.15) is 0 Å². The molecular formula is C20H22Cl2SiZr-4. The van der Waals surface area contributed by atoms with Crippen LogP contribution in [0.5, 0.6) is 0 Å². The predicted molar refractivity (Wildman–Crippen MR) is 112 cm³/mol. The van der Waals surface area contributed by atoms with Crippen molar-refractivity contribution in [2.24, 2.45) is 0 Å². The van der Waals surface area contributed by atoms with Gasteiger partial charge in [0.05, 0.1) is 0 Å². The van der Waals surface area contributed by atoms with Gasteiger partial charge in [-0.1, -0.05) is 36.4 Å². The molecule has 128 valence electrons. The van der Waals surface area contributed by atoms with E-state index in [1.54, 1.807) is 0 Å². The molecule has 3 aromatic carbocycles. The Bertz CT molecular complexity index is 687. The van der Waals surface area contributed by atoms with Crippen LogP contribution in [0.15, 0.2) is 72.8 Å². The Morgan fingerprint density at radius 3 is 1.62 bits per heavy atom. The molecule has 0 aromatic heterocycles. The summed E-state index contributed by atoms with van der Waals surface area (Å²) >= 11 is 1.36. The van der Waals surface area contributed by atoms with Gasteiger partial charge >= 0.3 is 30.2 Å². The molecule has 0 atom stereocenters. The molecule has 0 aliphatic heterocycles. The summed E-state index contributed by atoms with van der Waals surface area (Å²) in [6.45, 7) is 3.06. The largest absolute Gasteiger partial charge is 0.126 e. The molecule has 0 saturated heterocycles. The summed E-state index contributed by atoms with van der Waals surface area (Å²) in [4.78, 5) is 0. The van der Waals surface area contributed by atoms with Crippen LogP contribution in [0.3, 0.4) is 0 Å². The molecule has 1 aliphatic carbocycles. The second-order valence-corrected chi connectivity index (χ2v) is 4.32. The molecule has 0 amide bonds. The van der Waals surface area contributed by atoms with Crippen LogP contribution in [-0.2, 0) is 23.3 Å². The van der Waals surface area contributed by atoms with Crippen LogP contribution in [0.1, 0.15) is 6.42 Å². The van der Waals surface area contributed by atoms with Crippen molar-refractivity contribution in [3.8, 4) is 0 Å². The first-order chi connectivity index (χ1) is 9.95. The topological polar surface area (TPSA) is 0 Å². The fraction of sp³-hybridized carbons (Fsp3) is 0.0500. The molecule has 3 aromatic rings. The third-order valence-electron chi connectivity index (χ3n) is 3.11. The predicted octanol–water partition coefficient (Wildman–Crippen LogP) is 6.38. The van der Waals surface area contributed by atoms with Crippen LogP contribution in [0.25, 0.3) is 21.5 Å². The van der Waals surface area contributed by atoms with E-state index in [0.29, 0.717) is 0 Å². The maximum absolute atomic E-state index is 3.06. The van der Waals surface area contributed by atoms with Crippen LogP contribution < -0.4 is 0 Å². The van der Waals surface area contributed by atoms with E-state index in [9.17, 15) is 0 Å². The molecule has 4 rings (SSSR count). The average molecular weight is 453 g/mol. The number of halogens is 2. The maximum atomic E-state index is 3.06. The number of fused-ring (bicyclic) bond motifs is 3. The summed E-state index contributed by atoms with van der Waals surface area (Å²) in [7, 11) is 0. The van der Waals surface area contributed by atoms with Gasteiger partial charge in [0.25, 0.3) is 0 Å². The fourth-order valence-corrected chi connectivity index (χ4v) is 2.24. The molecule has 1 aliphatic rings. The van der Waals surface area contributed by atoms with E-state index in [1.165, 1.54) is 44.9 Å². The zero-order valence-electron chi connectivity index (χ0n) is 14.0. The minimum absolute atomic E-state index is 0. The third kappa shape index (κ3) is 7.57. The second kappa shape index (κ2) is 16.0. The van der Waals surface area contributed by atoms with Crippen molar-refractivity contribution >= 4 is 53.2 Å². The Morgan fingerprint density at radius 1 is 0.833 bits per heavy atom. The van der Waals surface area contributed by atoms with Crippen molar-refractivity contribution in [3.63, 3.8) is 0 Å². The first-order valence-corrected chi connectivity index (χ1v) is 10.6. The van der Waals surface area contributed by atoms with Crippen LogP contribution in [-0.4, -0.2) is 6.88 Å². The van der Waals surface area contributed by atoms with Crippen LogP contribution in [0.2, 0.25) is 0 Å². The number of allylic oxidation sites excluding steroid dienone is 4. The fourth-order valence-electron chi connectivity index (χ4n) is 2.24. The van der Waals surface area contributed by atoms with Crippen molar-refractivity contribution in [1.82, 2.24) is 0 Å². The molecule has 24 heavy (non-hydrogen) atoms. The molecule has 0 saturated carbocycles. The van der Waals surface area contributed by atoms with Gasteiger partial charge in [-0.3, -0.25) is 6.08 Å². The molecule has 4 heteroatoms. The molecule has 0 fully saturated rings. The zero-order chi connectivity index (χ0) is 14.2. The van der Waals surface area contributed by atoms with Gasteiger partial charge in [-0.2, -0.15) is 6.08 Å². The monoisotopic (exact) mass is 450 g/mol. The summed E-state index contributed by atoms with van der Waals surface area (Å²) in [5.41, 5.74) is 0. The van der Waals surface area contributed by atoms with Gasteiger partial charge in [0.15, 0.2) is 0 Å². The van der Waals surface area contributed by atoms with Crippen molar-refractivity contribution < 1.29 is 23.3 Å². The third-order valence-corrected chi connectivity index (χ3v) is 3.11. The summed E-state index contributed by atoms with van der Waals surface area (Å²) in [5, 5.41) is 5.39. The number of rotatable bonds is 0. The summed E-state index contributed by atoms with van der Waals surface area (Å²) in [5.74, 6) is 0. The Labute approximate surface area is 175 Å². The van der Waals surface area contributed by atoms with E-state index < -0.39 is 0 Å². The van der Waals surface area contributed by atoms with Gasteiger partial charge in [-0.15, -0.1) is 71.0 Å². The van der Waals surface area contributed by atoms with Crippen molar-refractivity contribution in [2.75, 3.05) is 0 Å². The second-order valence-electron chi connectivity index (χ2n) is 4.32. The number of benzene rings is 2. The van der Waals surface area contributed by atoms with Crippen LogP contribution >= 0.6 is 24.8 Å². The van der Waals surface area contributed by atoms with Gasteiger partial charge < -0.3 is 14.9 Å². The van der Waals surface area contributed by atoms with Crippen molar-refractivity contribution in [2.45, 2.75) is 6.42 Å². The summed E-state index contributed by atoms with van der Waals surface area (Å²) in [6.07, 6.45) is 10.0. The van der Waals surface area contributed by atoms with E-state index in [4.69, 9.17) is 0 Å². The molecule has 0 nitrogen and oxygen atoms in total. The minimum atomic E-state index is 0.